The molecule has 2 saturated heterocycles. The Kier molecular flexibility index (Phi) is 7.80. The van der Waals surface area contributed by atoms with E-state index < -0.39 is 6.61 Å². The molecule has 0 spiro atoms. The maximum Gasteiger partial charge on any atom is 0.387 e. The molecule has 3 rings (SSSR count). The summed E-state index contributed by atoms with van der Waals surface area (Å²) in [5.74, 6) is -0.846. The molecule has 6 nitrogen and oxygen atoms in total. The van der Waals surface area contributed by atoms with Crippen molar-refractivity contribution in [3.63, 3.8) is 0 Å². The number of benzene rings is 1. The van der Waals surface area contributed by atoms with Gasteiger partial charge < -0.3 is 19.9 Å². The summed E-state index contributed by atoms with van der Waals surface area (Å²) in [7, 11) is 0. The monoisotopic (exact) mass is 409 g/mol. The Bertz CT molecular complexity index is 696. The molecule has 1 aromatic carbocycles. The molecule has 0 radical (unpaired) electrons. The van der Waals surface area contributed by atoms with E-state index in [0.717, 1.165) is 19.6 Å². The highest BCUT2D eigenvalue weighted by Crippen LogP contribution is 2.25. The Balaban J connectivity index is 1.53. The molecule has 2 aliphatic rings. The molecule has 1 N–H and O–H groups in total. The highest BCUT2D eigenvalue weighted by atomic mass is 19.3. The van der Waals surface area contributed by atoms with Gasteiger partial charge in [-0.25, -0.2) is 0 Å². The van der Waals surface area contributed by atoms with Crippen molar-refractivity contribution in [3.05, 3.63) is 29.8 Å². The topological polar surface area (TPSA) is 61.9 Å². The van der Waals surface area contributed by atoms with E-state index in [4.69, 9.17) is 0 Å². The Morgan fingerprint density at radius 2 is 1.86 bits per heavy atom. The van der Waals surface area contributed by atoms with Crippen LogP contribution in [0.1, 0.15) is 42.5 Å². The summed E-state index contributed by atoms with van der Waals surface area (Å²) >= 11 is 0. The predicted molar refractivity (Wildman–Crippen MR) is 105 cm³/mol. The third-order valence-corrected chi connectivity index (χ3v) is 5.59. The van der Waals surface area contributed by atoms with Crippen molar-refractivity contribution in [1.82, 2.24) is 15.1 Å². The van der Waals surface area contributed by atoms with Gasteiger partial charge in [-0.3, -0.25) is 9.59 Å². The van der Waals surface area contributed by atoms with Crippen LogP contribution in [0.3, 0.4) is 0 Å². The molecule has 2 heterocycles. The Hall–Kier alpha value is -2.22. The van der Waals surface area contributed by atoms with Crippen LogP contribution in [0.25, 0.3) is 0 Å². The second-order valence-electron chi connectivity index (χ2n) is 7.66. The quantitative estimate of drug-likeness (QED) is 0.752. The molecule has 1 atom stereocenters. The van der Waals surface area contributed by atoms with Crippen LogP contribution in [0.2, 0.25) is 0 Å². The van der Waals surface area contributed by atoms with E-state index in [1.807, 2.05) is 0 Å². The van der Waals surface area contributed by atoms with Crippen LogP contribution < -0.4 is 10.1 Å². The van der Waals surface area contributed by atoms with Crippen molar-refractivity contribution in [1.29, 1.82) is 0 Å². The van der Waals surface area contributed by atoms with Gasteiger partial charge in [-0.05, 0) is 50.9 Å². The van der Waals surface area contributed by atoms with Gasteiger partial charge in [0.1, 0.15) is 5.75 Å². The van der Waals surface area contributed by atoms with Gasteiger partial charge >= 0.3 is 6.61 Å². The molecular formula is C21H29F2N3O3. The van der Waals surface area contributed by atoms with Crippen LogP contribution in [0, 0.1) is 5.92 Å². The van der Waals surface area contributed by atoms with E-state index in [1.54, 1.807) is 17.0 Å². The summed E-state index contributed by atoms with van der Waals surface area (Å²) in [6.45, 7) is 1.41. The number of amides is 2. The van der Waals surface area contributed by atoms with Gasteiger partial charge in [0.05, 0.1) is 11.5 Å². The number of nitrogens with one attached hydrogen (secondary N) is 1. The zero-order valence-electron chi connectivity index (χ0n) is 16.6. The number of rotatable bonds is 7. The number of hydrogen-bond donors (Lipinski definition) is 1. The van der Waals surface area contributed by atoms with Gasteiger partial charge in [-0.2, -0.15) is 8.78 Å². The molecule has 1 aromatic rings. The van der Waals surface area contributed by atoms with Crippen molar-refractivity contribution < 1.29 is 23.1 Å². The summed E-state index contributed by atoms with van der Waals surface area (Å²) < 4.78 is 29.7. The van der Waals surface area contributed by atoms with Gasteiger partial charge in [0.15, 0.2) is 0 Å². The molecule has 160 valence electrons. The summed E-state index contributed by atoms with van der Waals surface area (Å²) in [6, 6.07) is 5.99. The third kappa shape index (κ3) is 6.13. The number of para-hydroxylation sites is 1. The number of halogens is 2. The van der Waals surface area contributed by atoms with Crippen molar-refractivity contribution in [3.8, 4) is 5.75 Å². The van der Waals surface area contributed by atoms with Crippen LogP contribution >= 0.6 is 0 Å². The van der Waals surface area contributed by atoms with E-state index >= 15 is 0 Å². The first kappa shape index (κ1) is 21.5. The third-order valence-electron chi connectivity index (χ3n) is 5.59. The largest absolute Gasteiger partial charge is 0.434 e. The second kappa shape index (κ2) is 10.5. The predicted octanol–water partition coefficient (Wildman–Crippen LogP) is 2.74. The van der Waals surface area contributed by atoms with Crippen LogP contribution in [0.5, 0.6) is 5.75 Å². The lowest BCUT2D eigenvalue weighted by Gasteiger charge is -2.32. The molecular weight excluding hydrogens is 380 g/mol. The molecule has 2 fully saturated rings. The average Bonchev–Trinajstić information content (AvgIpc) is 2.74. The minimum atomic E-state index is -3.00. The first-order chi connectivity index (χ1) is 14.0. The Morgan fingerprint density at radius 3 is 2.62 bits per heavy atom. The fourth-order valence-corrected chi connectivity index (χ4v) is 4.05. The Labute approximate surface area is 170 Å². The summed E-state index contributed by atoms with van der Waals surface area (Å²) in [5.41, 5.74) is 0.0963. The van der Waals surface area contributed by atoms with E-state index in [0.29, 0.717) is 25.9 Å². The molecule has 8 heteroatoms. The number of carbonyl (C=O) groups is 2. The molecule has 0 aromatic heterocycles. The zero-order valence-corrected chi connectivity index (χ0v) is 16.6. The molecule has 29 heavy (non-hydrogen) atoms. The second-order valence-corrected chi connectivity index (χ2v) is 7.66. The molecule has 2 amide bonds. The lowest BCUT2D eigenvalue weighted by atomic mass is 9.96. The van der Waals surface area contributed by atoms with Crippen molar-refractivity contribution in [2.45, 2.75) is 38.7 Å². The number of carbonyl (C=O) groups excluding carboxylic acids is 2. The SMILES string of the molecule is O=C(NCCN1CCCCC1)C1CCCN(C(=O)c2ccccc2OC(F)F)C1. The normalized spacial score (nSPS) is 20.5. The minimum Gasteiger partial charge on any atom is -0.434 e. The van der Waals surface area contributed by atoms with Crippen LogP contribution in [0.4, 0.5) is 8.78 Å². The molecule has 0 aliphatic carbocycles. The fourth-order valence-electron chi connectivity index (χ4n) is 4.05. The number of hydrogen-bond acceptors (Lipinski definition) is 4. The van der Waals surface area contributed by atoms with Gasteiger partial charge in [-0.15, -0.1) is 0 Å². The summed E-state index contributed by atoms with van der Waals surface area (Å²) in [6.07, 6.45) is 5.12. The Morgan fingerprint density at radius 1 is 1.10 bits per heavy atom. The summed E-state index contributed by atoms with van der Waals surface area (Å²) in [5, 5.41) is 2.99. The van der Waals surface area contributed by atoms with E-state index in [1.165, 1.54) is 31.4 Å². The zero-order chi connectivity index (χ0) is 20.6. The molecule has 1 unspecified atom stereocenters. The van der Waals surface area contributed by atoms with Crippen LogP contribution in [0.15, 0.2) is 24.3 Å². The first-order valence-corrected chi connectivity index (χ1v) is 10.4. The maximum absolute atomic E-state index is 12.9. The lowest BCUT2D eigenvalue weighted by Crippen LogP contribution is -2.47. The van der Waals surface area contributed by atoms with E-state index in [9.17, 15) is 18.4 Å². The van der Waals surface area contributed by atoms with E-state index in [-0.39, 0.29) is 35.6 Å². The number of ether oxygens (including phenoxy) is 1. The van der Waals surface area contributed by atoms with Crippen LogP contribution in [-0.4, -0.2) is 67.5 Å². The number of piperidine rings is 2. The summed E-state index contributed by atoms with van der Waals surface area (Å²) in [4.78, 5) is 29.3. The highest BCUT2D eigenvalue weighted by Gasteiger charge is 2.30. The average molecular weight is 409 g/mol. The van der Waals surface area contributed by atoms with Crippen molar-refractivity contribution in [2.75, 3.05) is 39.3 Å². The van der Waals surface area contributed by atoms with Crippen molar-refractivity contribution in [2.24, 2.45) is 5.92 Å². The van der Waals surface area contributed by atoms with Gasteiger partial charge in [0.2, 0.25) is 5.91 Å². The standard InChI is InChI=1S/C21H29F2N3O3/c22-21(23)29-18-9-3-2-8-17(18)20(28)26-13-6-7-16(15-26)19(27)24-10-14-25-11-4-1-5-12-25/h2-3,8-9,16,21H,1,4-7,10-15H2,(H,24,27). The molecule has 0 saturated carbocycles. The first-order valence-electron chi connectivity index (χ1n) is 10.4. The minimum absolute atomic E-state index is 0.0448. The van der Waals surface area contributed by atoms with Gasteiger partial charge in [0, 0.05) is 26.2 Å². The van der Waals surface area contributed by atoms with Crippen LogP contribution in [-0.2, 0) is 4.79 Å². The molecule has 0 bridgehead atoms. The number of alkyl halides is 2. The van der Waals surface area contributed by atoms with Gasteiger partial charge in [-0.1, -0.05) is 18.6 Å². The number of likely N-dealkylation sites (tertiary alicyclic amines) is 2. The fraction of sp³-hybridized carbons (Fsp3) is 0.619. The highest BCUT2D eigenvalue weighted by molar-refractivity contribution is 5.97. The van der Waals surface area contributed by atoms with E-state index in [2.05, 4.69) is 15.0 Å². The maximum atomic E-state index is 12.9. The molecule has 2 aliphatic heterocycles. The number of nitrogens with zero attached hydrogens (tertiary/aromatic N) is 2. The van der Waals surface area contributed by atoms with Crippen molar-refractivity contribution >= 4 is 11.8 Å². The smallest absolute Gasteiger partial charge is 0.387 e. The lowest BCUT2D eigenvalue weighted by molar-refractivity contribution is -0.126. The van der Waals surface area contributed by atoms with Gasteiger partial charge in [0.25, 0.3) is 5.91 Å².